The van der Waals surface area contributed by atoms with Crippen LogP contribution < -0.4 is 10.9 Å². The van der Waals surface area contributed by atoms with E-state index in [1.165, 1.54) is 0 Å². The molecule has 5 heteroatoms. The topological polar surface area (TPSA) is 67.2 Å². The van der Waals surface area contributed by atoms with Crippen LogP contribution in [0.15, 0.2) is 17.2 Å². The maximum absolute atomic E-state index is 11.9. The van der Waals surface area contributed by atoms with Crippen molar-refractivity contribution in [3.8, 4) is 0 Å². The summed E-state index contributed by atoms with van der Waals surface area (Å²) in [6.45, 7) is 3.78. The number of hydrogen-bond donors (Lipinski definition) is 2. The van der Waals surface area contributed by atoms with E-state index in [1.807, 2.05) is 6.92 Å². The van der Waals surface area contributed by atoms with Crippen molar-refractivity contribution in [3.63, 3.8) is 0 Å². The van der Waals surface area contributed by atoms with Gasteiger partial charge in [0.25, 0.3) is 5.56 Å². The van der Waals surface area contributed by atoms with Crippen LogP contribution in [0.25, 0.3) is 0 Å². The second kappa shape index (κ2) is 8.69. The normalized spacial score (nSPS) is 10.6. The molecule has 1 heterocycles. The van der Waals surface area contributed by atoms with E-state index in [0.29, 0.717) is 5.82 Å². The molecule has 0 saturated heterocycles. The van der Waals surface area contributed by atoms with Crippen LogP contribution in [0.5, 0.6) is 0 Å². The highest BCUT2D eigenvalue weighted by Gasteiger charge is 2.02. The van der Waals surface area contributed by atoms with E-state index in [4.69, 9.17) is 5.11 Å². The molecule has 1 aromatic rings. The van der Waals surface area contributed by atoms with E-state index >= 15 is 0 Å². The molecule has 0 radical (unpaired) electrons. The molecule has 0 spiro atoms. The Kier molecular flexibility index (Phi) is 7.10. The van der Waals surface area contributed by atoms with Gasteiger partial charge in [-0.2, -0.15) is 0 Å². The first-order valence-electron chi connectivity index (χ1n) is 6.69. The molecule has 102 valence electrons. The first-order valence-corrected chi connectivity index (χ1v) is 6.69. The van der Waals surface area contributed by atoms with E-state index < -0.39 is 0 Å². The highest BCUT2D eigenvalue weighted by Crippen LogP contribution is 2.00. The lowest BCUT2D eigenvalue weighted by molar-refractivity contribution is 0.283. The molecule has 1 aromatic heterocycles. The van der Waals surface area contributed by atoms with Gasteiger partial charge >= 0.3 is 0 Å². The first-order chi connectivity index (χ1) is 8.79. The Hall–Kier alpha value is -1.36. The summed E-state index contributed by atoms with van der Waals surface area (Å²) in [5, 5.41) is 11.7. The third-order valence-electron chi connectivity index (χ3n) is 2.76. The van der Waals surface area contributed by atoms with Gasteiger partial charge in [0.05, 0.1) is 0 Å². The molecular formula is C13H23N3O2. The summed E-state index contributed by atoms with van der Waals surface area (Å²) in [4.78, 5) is 16.0. The van der Waals surface area contributed by atoms with Crippen LogP contribution in [0, 0.1) is 0 Å². The maximum atomic E-state index is 11.9. The zero-order valence-corrected chi connectivity index (χ0v) is 11.1. The lowest BCUT2D eigenvalue weighted by atomic mass is 10.2. The van der Waals surface area contributed by atoms with Crippen LogP contribution in [0.4, 0.5) is 5.82 Å². The van der Waals surface area contributed by atoms with E-state index in [0.717, 1.165) is 45.2 Å². The fourth-order valence-electron chi connectivity index (χ4n) is 1.78. The zero-order chi connectivity index (χ0) is 13.2. The van der Waals surface area contributed by atoms with Gasteiger partial charge in [-0.15, -0.1) is 0 Å². The Bertz CT molecular complexity index is 390. The van der Waals surface area contributed by atoms with Crippen molar-refractivity contribution in [1.82, 2.24) is 9.55 Å². The van der Waals surface area contributed by atoms with Gasteiger partial charge in [-0.05, 0) is 19.3 Å². The fourth-order valence-corrected chi connectivity index (χ4v) is 1.78. The number of aliphatic hydroxyl groups excluding tert-OH is 1. The zero-order valence-electron chi connectivity index (χ0n) is 11.1. The lowest BCUT2D eigenvalue weighted by Crippen LogP contribution is -2.24. The van der Waals surface area contributed by atoms with Gasteiger partial charge in [0, 0.05) is 32.1 Å². The molecule has 0 bridgehead atoms. The van der Waals surface area contributed by atoms with Crippen molar-refractivity contribution < 1.29 is 5.11 Å². The Labute approximate surface area is 108 Å². The Morgan fingerprint density at radius 1 is 1.33 bits per heavy atom. The van der Waals surface area contributed by atoms with Gasteiger partial charge in [-0.25, -0.2) is 4.98 Å². The molecular weight excluding hydrogens is 230 g/mol. The summed E-state index contributed by atoms with van der Waals surface area (Å²) in [5.74, 6) is 0.438. The minimum Gasteiger partial charge on any atom is -0.396 e. The van der Waals surface area contributed by atoms with Gasteiger partial charge < -0.3 is 15.0 Å². The third-order valence-corrected chi connectivity index (χ3v) is 2.76. The van der Waals surface area contributed by atoms with Gasteiger partial charge in [0.2, 0.25) is 0 Å². The second-order valence-corrected chi connectivity index (χ2v) is 4.34. The van der Waals surface area contributed by atoms with Gasteiger partial charge in [0.1, 0.15) is 0 Å². The Morgan fingerprint density at radius 2 is 2.11 bits per heavy atom. The predicted molar refractivity (Wildman–Crippen MR) is 72.8 cm³/mol. The smallest absolute Gasteiger partial charge is 0.293 e. The summed E-state index contributed by atoms with van der Waals surface area (Å²) in [6.07, 6.45) is 8.24. The molecule has 0 saturated carbocycles. The van der Waals surface area contributed by atoms with E-state index in [1.54, 1.807) is 17.0 Å². The number of nitrogens with one attached hydrogen (secondary N) is 1. The fraction of sp³-hybridized carbons (Fsp3) is 0.692. The number of unbranched alkanes of at least 4 members (excludes halogenated alkanes) is 3. The maximum Gasteiger partial charge on any atom is 0.293 e. The Balaban J connectivity index is 2.38. The standard InChI is InChI=1S/C13H23N3O2/c1-2-9-16-10-8-15-12(13(16)18)14-7-5-3-4-6-11-17/h8,10,17H,2-7,9,11H2,1H3,(H,14,15). The van der Waals surface area contributed by atoms with Crippen molar-refractivity contribution in [2.24, 2.45) is 0 Å². The third kappa shape index (κ3) is 4.87. The number of anilines is 1. The summed E-state index contributed by atoms with van der Waals surface area (Å²) in [7, 11) is 0. The number of hydrogen-bond acceptors (Lipinski definition) is 4. The van der Waals surface area contributed by atoms with Crippen molar-refractivity contribution >= 4 is 5.82 Å². The predicted octanol–water partition coefficient (Wildman–Crippen LogP) is 1.62. The monoisotopic (exact) mass is 253 g/mol. The van der Waals surface area contributed by atoms with Crippen molar-refractivity contribution in [1.29, 1.82) is 0 Å². The summed E-state index contributed by atoms with van der Waals surface area (Å²) < 4.78 is 1.68. The molecule has 0 aliphatic heterocycles. The molecule has 1 rings (SSSR count). The van der Waals surface area contributed by atoms with Crippen molar-refractivity contribution in [3.05, 3.63) is 22.7 Å². The molecule has 0 aliphatic carbocycles. The number of nitrogens with zero attached hydrogens (tertiary/aromatic N) is 2. The molecule has 0 amide bonds. The SMILES string of the molecule is CCCn1ccnc(NCCCCCCO)c1=O. The van der Waals surface area contributed by atoms with E-state index in [2.05, 4.69) is 10.3 Å². The van der Waals surface area contributed by atoms with Gasteiger partial charge in [-0.3, -0.25) is 4.79 Å². The molecule has 0 fully saturated rings. The number of aliphatic hydroxyl groups is 1. The first kappa shape index (κ1) is 14.7. The van der Waals surface area contributed by atoms with Crippen molar-refractivity contribution in [2.75, 3.05) is 18.5 Å². The number of rotatable bonds is 9. The van der Waals surface area contributed by atoms with Crippen LogP contribution in [0.3, 0.4) is 0 Å². The highest BCUT2D eigenvalue weighted by molar-refractivity contribution is 5.30. The molecule has 5 nitrogen and oxygen atoms in total. The highest BCUT2D eigenvalue weighted by atomic mass is 16.2. The minimum absolute atomic E-state index is 0.0466. The summed E-state index contributed by atoms with van der Waals surface area (Å²) in [5.41, 5.74) is -0.0466. The number of aromatic nitrogens is 2. The summed E-state index contributed by atoms with van der Waals surface area (Å²) in [6, 6.07) is 0. The van der Waals surface area contributed by atoms with E-state index in [9.17, 15) is 4.79 Å². The molecule has 0 aliphatic rings. The quantitative estimate of drug-likeness (QED) is 0.656. The molecule has 0 atom stereocenters. The largest absolute Gasteiger partial charge is 0.396 e. The lowest BCUT2D eigenvalue weighted by Gasteiger charge is -2.07. The van der Waals surface area contributed by atoms with Crippen LogP contribution in [-0.4, -0.2) is 27.8 Å². The Morgan fingerprint density at radius 3 is 2.83 bits per heavy atom. The molecule has 2 N–H and O–H groups in total. The second-order valence-electron chi connectivity index (χ2n) is 4.34. The molecule has 0 aromatic carbocycles. The van der Waals surface area contributed by atoms with Crippen LogP contribution in [0.2, 0.25) is 0 Å². The molecule has 18 heavy (non-hydrogen) atoms. The van der Waals surface area contributed by atoms with Crippen molar-refractivity contribution in [2.45, 2.75) is 45.6 Å². The average molecular weight is 253 g/mol. The minimum atomic E-state index is -0.0466. The van der Waals surface area contributed by atoms with Gasteiger partial charge in [0.15, 0.2) is 5.82 Å². The van der Waals surface area contributed by atoms with Gasteiger partial charge in [-0.1, -0.05) is 19.8 Å². The number of aryl methyl sites for hydroxylation is 1. The van der Waals surface area contributed by atoms with E-state index in [-0.39, 0.29) is 12.2 Å². The van der Waals surface area contributed by atoms with Crippen LogP contribution >= 0.6 is 0 Å². The van der Waals surface area contributed by atoms with Crippen LogP contribution in [-0.2, 0) is 6.54 Å². The van der Waals surface area contributed by atoms with Crippen LogP contribution in [0.1, 0.15) is 39.0 Å². The molecule has 0 unspecified atom stereocenters. The summed E-state index contributed by atoms with van der Waals surface area (Å²) >= 11 is 0. The average Bonchev–Trinajstić information content (AvgIpc) is 2.38.